The van der Waals surface area contributed by atoms with E-state index in [4.69, 9.17) is 21.1 Å². The van der Waals surface area contributed by atoms with E-state index in [0.717, 1.165) is 11.1 Å². The van der Waals surface area contributed by atoms with Crippen LogP contribution in [0.3, 0.4) is 0 Å². The zero-order valence-corrected chi connectivity index (χ0v) is 11.2. The van der Waals surface area contributed by atoms with Crippen LogP contribution >= 0.6 is 11.6 Å². The highest BCUT2D eigenvalue weighted by molar-refractivity contribution is 6.30. The molecule has 0 saturated carbocycles. The molecule has 0 aromatic heterocycles. The summed E-state index contributed by atoms with van der Waals surface area (Å²) in [6, 6.07) is 5.67. The molecule has 0 radical (unpaired) electrons. The van der Waals surface area contributed by atoms with Gasteiger partial charge < -0.3 is 9.47 Å². The van der Waals surface area contributed by atoms with Crippen molar-refractivity contribution in [3.8, 4) is 11.8 Å². The van der Waals surface area contributed by atoms with Crippen molar-refractivity contribution in [1.82, 2.24) is 0 Å². The van der Waals surface area contributed by atoms with Gasteiger partial charge in [0, 0.05) is 17.2 Å². The monoisotopic (exact) mass is 252 g/mol. The minimum atomic E-state index is -0.213. The number of rotatable bonds is 4. The maximum atomic E-state index is 5.90. The fourth-order valence-electron chi connectivity index (χ4n) is 1.30. The predicted octanol–water partition coefficient (Wildman–Crippen LogP) is 3.40. The molecule has 0 spiro atoms. The van der Waals surface area contributed by atoms with E-state index in [2.05, 4.69) is 11.8 Å². The summed E-state index contributed by atoms with van der Waals surface area (Å²) in [5.74, 6) is 5.98. The summed E-state index contributed by atoms with van der Waals surface area (Å²) in [5.41, 5.74) is 2.05. The standard InChI is InChI=1S/C14H17ClO2/c1-4-16-12(3)17-9-5-6-13-10-14(15)8-7-11(13)2/h7-8,10,12H,4,9H2,1-3H3. The van der Waals surface area contributed by atoms with Gasteiger partial charge in [0.1, 0.15) is 6.61 Å². The first-order chi connectivity index (χ1) is 8.13. The van der Waals surface area contributed by atoms with Crippen LogP contribution in [-0.4, -0.2) is 19.5 Å². The van der Waals surface area contributed by atoms with Gasteiger partial charge in [-0.2, -0.15) is 0 Å². The van der Waals surface area contributed by atoms with Gasteiger partial charge in [-0.15, -0.1) is 0 Å². The molecule has 0 N–H and O–H groups in total. The van der Waals surface area contributed by atoms with Gasteiger partial charge >= 0.3 is 0 Å². The lowest BCUT2D eigenvalue weighted by Crippen LogP contribution is -2.12. The summed E-state index contributed by atoms with van der Waals surface area (Å²) in [4.78, 5) is 0. The van der Waals surface area contributed by atoms with Gasteiger partial charge in [0.25, 0.3) is 0 Å². The predicted molar refractivity (Wildman–Crippen MR) is 70.1 cm³/mol. The van der Waals surface area contributed by atoms with E-state index in [9.17, 15) is 0 Å². The normalized spacial score (nSPS) is 11.8. The summed E-state index contributed by atoms with van der Waals surface area (Å²) < 4.78 is 10.6. The SMILES string of the molecule is CCOC(C)OCC#Cc1cc(Cl)ccc1C. The van der Waals surface area contributed by atoms with Crippen molar-refractivity contribution in [2.45, 2.75) is 27.1 Å². The molecular weight excluding hydrogens is 236 g/mol. The second-order valence-corrected chi connectivity index (χ2v) is 4.03. The van der Waals surface area contributed by atoms with Crippen molar-refractivity contribution in [3.05, 3.63) is 34.3 Å². The Morgan fingerprint density at radius 2 is 2.12 bits per heavy atom. The Bertz CT molecular complexity index is 418. The van der Waals surface area contributed by atoms with Crippen molar-refractivity contribution >= 4 is 11.6 Å². The van der Waals surface area contributed by atoms with Crippen molar-refractivity contribution < 1.29 is 9.47 Å². The van der Waals surface area contributed by atoms with Crippen LogP contribution in [0.4, 0.5) is 0 Å². The number of benzene rings is 1. The fraction of sp³-hybridized carbons (Fsp3) is 0.429. The van der Waals surface area contributed by atoms with Crippen LogP contribution in [0.5, 0.6) is 0 Å². The smallest absolute Gasteiger partial charge is 0.156 e. The Labute approximate surface area is 108 Å². The molecule has 1 rings (SSSR count). The van der Waals surface area contributed by atoms with E-state index in [0.29, 0.717) is 18.2 Å². The van der Waals surface area contributed by atoms with Crippen LogP contribution in [0.1, 0.15) is 25.0 Å². The Hall–Kier alpha value is -1.01. The number of hydrogen-bond acceptors (Lipinski definition) is 2. The maximum Gasteiger partial charge on any atom is 0.156 e. The third-order valence-electron chi connectivity index (χ3n) is 2.21. The lowest BCUT2D eigenvalue weighted by Gasteiger charge is -2.09. The molecule has 17 heavy (non-hydrogen) atoms. The molecule has 0 aliphatic heterocycles. The van der Waals surface area contributed by atoms with E-state index in [1.54, 1.807) is 0 Å². The molecule has 1 unspecified atom stereocenters. The number of ether oxygens (including phenoxy) is 2. The summed E-state index contributed by atoms with van der Waals surface area (Å²) in [5, 5.41) is 0.698. The van der Waals surface area contributed by atoms with Gasteiger partial charge in [-0.1, -0.05) is 29.5 Å². The van der Waals surface area contributed by atoms with E-state index in [-0.39, 0.29) is 6.29 Å². The van der Waals surface area contributed by atoms with Crippen molar-refractivity contribution in [1.29, 1.82) is 0 Å². The number of aryl methyl sites for hydroxylation is 1. The molecule has 1 aromatic carbocycles. The van der Waals surface area contributed by atoms with Gasteiger partial charge in [0.05, 0.1) is 0 Å². The van der Waals surface area contributed by atoms with Crippen LogP contribution in [0.15, 0.2) is 18.2 Å². The molecule has 3 heteroatoms. The Balaban J connectivity index is 2.51. The first-order valence-electron chi connectivity index (χ1n) is 5.61. The molecule has 0 heterocycles. The summed E-state index contributed by atoms with van der Waals surface area (Å²) in [6.07, 6.45) is -0.213. The summed E-state index contributed by atoms with van der Waals surface area (Å²) >= 11 is 5.90. The van der Waals surface area contributed by atoms with Crippen LogP contribution < -0.4 is 0 Å². The maximum absolute atomic E-state index is 5.90. The largest absolute Gasteiger partial charge is 0.353 e. The van der Waals surface area contributed by atoms with Gasteiger partial charge in [-0.05, 0) is 38.5 Å². The highest BCUT2D eigenvalue weighted by Gasteiger charge is 1.98. The van der Waals surface area contributed by atoms with Gasteiger partial charge in [0.2, 0.25) is 0 Å². The second-order valence-electron chi connectivity index (χ2n) is 3.59. The molecule has 0 aliphatic carbocycles. The van der Waals surface area contributed by atoms with Crippen LogP contribution in [0, 0.1) is 18.8 Å². The third kappa shape index (κ3) is 5.23. The molecule has 92 valence electrons. The highest BCUT2D eigenvalue weighted by atomic mass is 35.5. The highest BCUT2D eigenvalue weighted by Crippen LogP contribution is 2.14. The molecule has 0 amide bonds. The molecule has 2 nitrogen and oxygen atoms in total. The first kappa shape index (κ1) is 14.1. The molecule has 0 saturated heterocycles. The van der Waals surface area contributed by atoms with Crippen molar-refractivity contribution in [2.75, 3.05) is 13.2 Å². The van der Waals surface area contributed by atoms with E-state index in [1.807, 2.05) is 39.0 Å². The number of halogens is 1. The van der Waals surface area contributed by atoms with E-state index < -0.39 is 0 Å². The lowest BCUT2D eigenvalue weighted by molar-refractivity contribution is -0.117. The second kappa shape index (κ2) is 7.34. The molecule has 0 bridgehead atoms. The third-order valence-corrected chi connectivity index (χ3v) is 2.45. The molecule has 0 fully saturated rings. The molecule has 0 aliphatic rings. The Morgan fingerprint density at radius 1 is 1.35 bits per heavy atom. The first-order valence-corrected chi connectivity index (χ1v) is 5.99. The van der Waals surface area contributed by atoms with Crippen LogP contribution in [-0.2, 0) is 9.47 Å². The quantitative estimate of drug-likeness (QED) is 0.604. The minimum Gasteiger partial charge on any atom is -0.353 e. The molecule has 1 aromatic rings. The zero-order chi connectivity index (χ0) is 12.7. The molecule has 1 atom stereocenters. The zero-order valence-electron chi connectivity index (χ0n) is 10.4. The van der Waals surface area contributed by atoms with Gasteiger partial charge in [-0.25, -0.2) is 0 Å². The molecular formula is C14H17ClO2. The van der Waals surface area contributed by atoms with Crippen molar-refractivity contribution in [2.24, 2.45) is 0 Å². The fourth-order valence-corrected chi connectivity index (χ4v) is 1.47. The Kier molecular flexibility index (Phi) is 6.07. The van der Waals surface area contributed by atoms with E-state index >= 15 is 0 Å². The topological polar surface area (TPSA) is 18.5 Å². The van der Waals surface area contributed by atoms with Crippen LogP contribution in [0.2, 0.25) is 5.02 Å². The average molecular weight is 253 g/mol. The summed E-state index contributed by atoms with van der Waals surface area (Å²) in [7, 11) is 0. The number of hydrogen-bond donors (Lipinski definition) is 0. The van der Waals surface area contributed by atoms with Gasteiger partial charge in [0.15, 0.2) is 6.29 Å². The Morgan fingerprint density at radius 3 is 2.82 bits per heavy atom. The lowest BCUT2D eigenvalue weighted by atomic mass is 10.1. The van der Waals surface area contributed by atoms with Crippen LogP contribution in [0.25, 0.3) is 0 Å². The summed E-state index contributed by atoms with van der Waals surface area (Å²) in [6.45, 7) is 6.79. The van der Waals surface area contributed by atoms with Crippen molar-refractivity contribution in [3.63, 3.8) is 0 Å². The van der Waals surface area contributed by atoms with Gasteiger partial charge in [-0.3, -0.25) is 0 Å². The minimum absolute atomic E-state index is 0.213. The average Bonchev–Trinajstić information content (AvgIpc) is 2.29. The van der Waals surface area contributed by atoms with E-state index in [1.165, 1.54) is 0 Å².